The van der Waals surface area contributed by atoms with Gasteiger partial charge in [-0.1, -0.05) is 48.5 Å². The number of ether oxygens (including phenoxy) is 1. The Labute approximate surface area is 198 Å². The summed E-state index contributed by atoms with van der Waals surface area (Å²) in [5.74, 6) is 0.904. The van der Waals surface area contributed by atoms with Crippen molar-refractivity contribution in [2.75, 3.05) is 16.2 Å². The van der Waals surface area contributed by atoms with E-state index >= 15 is 0 Å². The Morgan fingerprint density at radius 1 is 0.824 bits per heavy atom. The minimum atomic E-state index is -3.65. The van der Waals surface area contributed by atoms with Gasteiger partial charge >= 0.3 is 0 Å². The van der Waals surface area contributed by atoms with Crippen molar-refractivity contribution in [2.45, 2.75) is 11.3 Å². The van der Waals surface area contributed by atoms with Gasteiger partial charge in [0.05, 0.1) is 16.3 Å². The molecule has 0 saturated heterocycles. The van der Waals surface area contributed by atoms with E-state index < -0.39 is 10.0 Å². The molecule has 0 bridgehead atoms. The molecular formula is C27H22N2O4S. The summed E-state index contributed by atoms with van der Waals surface area (Å²) in [5, 5.41) is 2.91. The fraction of sp³-hybridized carbons (Fsp3) is 0.0741. The van der Waals surface area contributed by atoms with E-state index in [1.54, 1.807) is 60.7 Å². The van der Waals surface area contributed by atoms with Crippen LogP contribution < -0.4 is 14.4 Å². The predicted octanol–water partition coefficient (Wildman–Crippen LogP) is 5.48. The number of nitrogens with zero attached hydrogens (tertiary/aromatic N) is 1. The van der Waals surface area contributed by atoms with Gasteiger partial charge in [-0.15, -0.1) is 0 Å². The van der Waals surface area contributed by atoms with E-state index in [2.05, 4.69) is 5.32 Å². The van der Waals surface area contributed by atoms with Crippen LogP contribution in [0.1, 0.15) is 15.9 Å². The standard InChI is InChI=1S/C27H22N2O4S/c30-27(28-24-13-7-8-14-26(24)33-22-9-3-1-4-10-22)21-15-16-25-20(19-21)17-18-29(25)34(31,32)23-11-5-2-6-12-23/h1-16,19H,17-18H2,(H,28,30). The molecule has 34 heavy (non-hydrogen) atoms. The molecule has 0 spiro atoms. The summed E-state index contributed by atoms with van der Waals surface area (Å²) < 4.78 is 33.5. The normalized spacial score (nSPS) is 12.8. The first kappa shape index (κ1) is 21.7. The van der Waals surface area contributed by atoms with Gasteiger partial charge in [-0.05, 0) is 66.6 Å². The second-order valence-corrected chi connectivity index (χ2v) is 9.71. The van der Waals surface area contributed by atoms with Crippen molar-refractivity contribution >= 4 is 27.3 Å². The Kier molecular flexibility index (Phi) is 5.77. The SMILES string of the molecule is O=C(Nc1ccccc1Oc1ccccc1)c1ccc2c(c1)CCN2S(=O)(=O)c1ccccc1. The van der Waals surface area contributed by atoms with Crippen LogP contribution in [0.25, 0.3) is 0 Å². The zero-order valence-electron chi connectivity index (χ0n) is 18.2. The Morgan fingerprint density at radius 2 is 1.50 bits per heavy atom. The number of anilines is 2. The maximum absolute atomic E-state index is 13.1. The predicted molar refractivity (Wildman–Crippen MR) is 132 cm³/mol. The third-order valence-corrected chi connectivity index (χ3v) is 7.46. The van der Waals surface area contributed by atoms with Crippen LogP contribution in [0.4, 0.5) is 11.4 Å². The third kappa shape index (κ3) is 4.25. The highest BCUT2D eigenvalue weighted by Crippen LogP contribution is 2.34. The van der Waals surface area contributed by atoms with E-state index in [-0.39, 0.29) is 10.8 Å². The maximum Gasteiger partial charge on any atom is 0.264 e. The molecule has 1 heterocycles. The number of para-hydroxylation sites is 3. The van der Waals surface area contributed by atoms with Gasteiger partial charge < -0.3 is 10.1 Å². The lowest BCUT2D eigenvalue weighted by Gasteiger charge is -2.19. The maximum atomic E-state index is 13.1. The molecule has 4 aromatic rings. The Balaban J connectivity index is 1.37. The van der Waals surface area contributed by atoms with Gasteiger partial charge in [-0.3, -0.25) is 9.10 Å². The number of hydrogen-bond acceptors (Lipinski definition) is 4. The van der Waals surface area contributed by atoms with Crippen molar-refractivity contribution < 1.29 is 17.9 Å². The number of rotatable bonds is 6. The number of hydrogen-bond donors (Lipinski definition) is 1. The quantitative estimate of drug-likeness (QED) is 0.405. The average Bonchev–Trinajstić information content (AvgIpc) is 3.31. The molecule has 170 valence electrons. The zero-order chi connectivity index (χ0) is 23.5. The molecule has 0 fully saturated rings. The molecule has 6 nitrogen and oxygen atoms in total. The first-order chi connectivity index (χ1) is 16.5. The van der Waals surface area contributed by atoms with Gasteiger partial charge in [0.25, 0.3) is 15.9 Å². The van der Waals surface area contributed by atoms with E-state index in [9.17, 15) is 13.2 Å². The van der Waals surface area contributed by atoms with Crippen molar-refractivity contribution in [3.63, 3.8) is 0 Å². The van der Waals surface area contributed by atoms with Crippen molar-refractivity contribution in [1.29, 1.82) is 0 Å². The van der Waals surface area contributed by atoms with Crippen molar-refractivity contribution in [3.8, 4) is 11.5 Å². The lowest BCUT2D eigenvalue weighted by molar-refractivity contribution is 0.102. The summed E-state index contributed by atoms with van der Waals surface area (Å²) >= 11 is 0. The van der Waals surface area contributed by atoms with E-state index in [1.165, 1.54) is 4.31 Å². The van der Waals surface area contributed by atoms with Crippen molar-refractivity contribution in [2.24, 2.45) is 0 Å². The highest BCUT2D eigenvalue weighted by atomic mass is 32.2. The molecule has 5 rings (SSSR count). The molecule has 1 N–H and O–H groups in total. The molecule has 0 unspecified atom stereocenters. The minimum Gasteiger partial charge on any atom is -0.455 e. The van der Waals surface area contributed by atoms with Crippen LogP contribution in [0.5, 0.6) is 11.5 Å². The van der Waals surface area contributed by atoms with Gasteiger partial charge in [0.15, 0.2) is 5.75 Å². The molecule has 1 aliphatic rings. The molecule has 0 aliphatic carbocycles. The number of sulfonamides is 1. The van der Waals surface area contributed by atoms with Gasteiger partial charge in [0.1, 0.15) is 5.75 Å². The van der Waals surface area contributed by atoms with Crippen LogP contribution in [0.15, 0.2) is 108 Å². The van der Waals surface area contributed by atoms with Gasteiger partial charge in [-0.25, -0.2) is 8.42 Å². The number of nitrogens with one attached hydrogen (secondary N) is 1. The van der Waals surface area contributed by atoms with Crippen LogP contribution in [0.2, 0.25) is 0 Å². The summed E-state index contributed by atoms with van der Waals surface area (Å²) in [6.45, 7) is 0.339. The number of amides is 1. The summed E-state index contributed by atoms with van der Waals surface area (Å²) in [7, 11) is -3.65. The molecule has 1 aliphatic heterocycles. The highest BCUT2D eigenvalue weighted by Gasteiger charge is 2.31. The molecule has 7 heteroatoms. The third-order valence-electron chi connectivity index (χ3n) is 5.63. The molecule has 0 saturated carbocycles. The van der Waals surface area contributed by atoms with Crippen LogP contribution >= 0.6 is 0 Å². The number of carbonyl (C=O) groups is 1. The molecular weight excluding hydrogens is 448 g/mol. The molecule has 1 amide bonds. The Bertz CT molecular complexity index is 1440. The average molecular weight is 471 g/mol. The summed E-state index contributed by atoms with van der Waals surface area (Å²) in [6, 6.07) is 30.0. The zero-order valence-corrected chi connectivity index (χ0v) is 19.0. The van der Waals surface area contributed by atoms with Gasteiger partial charge in [0, 0.05) is 12.1 Å². The van der Waals surface area contributed by atoms with Crippen LogP contribution in [0.3, 0.4) is 0 Å². The lowest BCUT2D eigenvalue weighted by Crippen LogP contribution is -2.29. The molecule has 0 aromatic heterocycles. The number of benzene rings is 4. The molecule has 4 aromatic carbocycles. The smallest absolute Gasteiger partial charge is 0.264 e. The van der Waals surface area contributed by atoms with Crippen LogP contribution in [0, 0.1) is 0 Å². The van der Waals surface area contributed by atoms with Crippen LogP contribution in [-0.2, 0) is 16.4 Å². The second-order valence-electron chi connectivity index (χ2n) is 7.85. The molecule has 0 atom stereocenters. The molecule has 0 radical (unpaired) electrons. The first-order valence-corrected chi connectivity index (χ1v) is 12.3. The Hall–Kier alpha value is -4.10. The summed E-state index contributed by atoms with van der Waals surface area (Å²) in [6.07, 6.45) is 0.538. The minimum absolute atomic E-state index is 0.250. The van der Waals surface area contributed by atoms with Gasteiger partial charge in [-0.2, -0.15) is 0 Å². The van der Waals surface area contributed by atoms with Crippen LogP contribution in [-0.4, -0.2) is 20.9 Å². The summed E-state index contributed by atoms with van der Waals surface area (Å²) in [4.78, 5) is 13.3. The fourth-order valence-corrected chi connectivity index (χ4v) is 5.48. The van der Waals surface area contributed by atoms with E-state index in [0.29, 0.717) is 41.4 Å². The topological polar surface area (TPSA) is 75.7 Å². The first-order valence-electron chi connectivity index (χ1n) is 10.9. The largest absolute Gasteiger partial charge is 0.455 e. The van der Waals surface area contributed by atoms with E-state index in [1.807, 2.05) is 42.5 Å². The number of carbonyl (C=O) groups excluding carboxylic acids is 1. The van der Waals surface area contributed by atoms with Crippen molar-refractivity contribution in [3.05, 3.63) is 114 Å². The lowest BCUT2D eigenvalue weighted by atomic mass is 10.1. The Morgan fingerprint density at radius 3 is 2.26 bits per heavy atom. The summed E-state index contributed by atoms with van der Waals surface area (Å²) in [5.41, 5.74) is 2.42. The van der Waals surface area contributed by atoms with E-state index in [4.69, 9.17) is 4.74 Å². The fourth-order valence-electron chi connectivity index (χ4n) is 3.95. The number of fused-ring (bicyclic) bond motifs is 1. The van der Waals surface area contributed by atoms with E-state index in [0.717, 1.165) is 5.56 Å². The highest BCUT2D eigenvalue weighted by molar-refractivity contribution is 7.92. The monoisotopic (exact) mass is 470 g/mol. The second kappa shape index (κ2) is 9.03. The van der Waals surface area contributed by atoms with Gasteiger partial charge in [0.2, 0.25) is 0 Å². The van der Waals surface area contributed by atoms with Crippen molar-refractivity contribution in [1.82, 2.24) is 0 Å².